The third-order valence-electron chi connectivity index (χ3n) is 3.37. The molecule has 0 saturated heterocycles. The molecule has 2 aromatic rings. The molecule has 0 radical (unpaired) electrons. The molecule has 2 rings (SSSR count). The van der Waals surface area contributed by atoms with Gasteiger partial charge in [-0.25, -0.2) is 0 Å². The van der Waals surface area contributed by atoms with E-state index in [0.717, 1.165) is 16.6 Å². The van der Waals surface area contributed by atoms with Crippen molar-refractivity contribution in [3.8, 4) is 0 Å². The van der Waals surface area contributed by atoms with Gasteiger partial charge >= 0.3 is 0 Å². The van der Waals surface area contributed by atoms with Crippen LogP contribution in [0.2, 0.25) is 0 Å². The van der Waals surface area contributed by atoms with Crippen LogP contribution in [0.3, 0.4) is 0 Å². The molecule has 0 fully saturated rings. The molecule has 0 saturated carbocycles. The Labute approximate surface area is 133 Å². The summed E-state index contributed by atoms with van der Waals surface area (Å²) in [4.78, 5) is 11.7. The Hall–Kier alpha value is -1.81. The van der Waals surface area contributed by atoms with Crippen molar-refractivity contribution in [2.75, 3.05) is 12.4 Å². The van der Waals surface area contributed by atoms with Crippen molar-refractivity contribution in [1.82, 2.24) is 5.32 Å². The molecule has 2 aromatic carbocycles. The number of hydrogen-bond acceptors (Lipinski definition) is 2. The molecule has 110 valence electrons. The van der Waals surface area contributed by atoms with E-state index in [1.165, 1.54) is 5.56 Å². The van der Waals surface area contributed by atoms with Crippen molar-refractivity contribution in [3.63, 3.8) is 0 Å². The Morgan fingerprint density at radius 1 is 1.19 bits per heavy atom. The molecule has 0 heterocycles. The molecule has 1 atom stereocenters. The summed E-state index contributed by atoms with van der Waals surface area (Å²) in [6.07, 6.45) is 0.964. The van der Waals surface area contributed by atoms with Crippen LogP contribution in [-0.2, 0) is 0 Å². The lowest BCUT2D eigenvalue weighted by Crippen LogP contribution is -2.18. The van der Waals surface area contributed by atoms with Gasteiger partial charge in [-0.1, -0.05) is 41.1 Å². The fourth-order valence-electron chi connectivity index (χ4n) is 2.21. The van der Waals surface area contributed by atoms with Crippen LogP contribution in [0.15, 0.2) is 53.0 Å². The molecule has 3 nitrogen and oxygen atoms in total. The average molecular weight is 347 g/mol. The number of carbonyl (C=O) groups is 1. The van der Waals surface area contributed by atoms with Crippen molar-refractivity contribution in [3.05, 3.63) is 64.1 Å². The summed E-state index contributed by atoms with van der Waals surface area (Å²) in [6, 6.07) is 16.1. The first-order valence-corrected chi connectivity index (χ1v) is 7.77. The fraction of sp³-hybridized carbons (Fsp3) is 0.235. The van der Waals surface area contributed by atoms with E-state index in [0.29, 0.717) is 5.56 Å². The molecule has 0 aliphatic carbocycles. The molecule has 1 unspecified atom stereocenters. The quantitative estimate of drug-likeness (QED) is 0.843. The van der Waals surface area contributed by atoms with Gasteiger partial charge in [0.2, 0.25) is 0 Å². The van der Waals surface area contributed by atoms with Gasteiger partial charge in [-0.2, -0.15) is 0 Å². The van der Waals surface area contributed by atoms with E-state index in [2.05, 4.69) is 45.6 Å². The van der Waals surface area contributed by atoms with Crippen LogP contribution in [0, 0.1) is 0 Å². The van der Waals surface area contributed by atoms with Crippen molar-refractivity contribution in [2.24, 2.45) is 0 Å². The molecule has 2 N–H and O–H groups in total. The van der Waals surface area contributed by atoms with E-state index in [1.807, 2.05) is 36.4 Å². The highest BCUT2D eigenvalue weighted by Crippen LogP contribution is 2.24. The van der Waals surface area contributed by atoms with Crippen LogP contribution in [-0.4, -0.2) is 13.0 Å². The van der Waals surface area contributed by atoms with Crippen LogP contribution in [0.1, 0.15) is 35.3 Å². The maximum atomic E-state index is 11.7. The molecular weight excluding hydrogens is 328 g/mol. The molecule has 21 heavy (non-hydrogen) atoms. The Bertz CT molecular complexity index is 610. The highest BCUT2D eigenvalue weighted by atomic mass is 79.9. The minimum absolute atomic E-state index is 0.0738. The minimum atomic E-state index is -0.0738. The number of nitrogens with one attached hydrogen (secondary N) is 2. The summed E-state index contributed by atoms with van der Waals surface area (Å²) in [5, 5.41) is 6.13. The first-order chi connectivity index (χ1) is 10.1. The normalized spacial score (nSPS) is 11.8. The van der Waals surface area contributed by atoms with Crippen LogP contribution in [0.25, 0.3) is 0 Å². The first-order valence-electron chi connectivity index (χ1n) is 6.98. The summed E-state index contributed by atoms with van der Waals surface area (Å²) in [5.74, 6) is -0.0738. The van der Waals surface area contributed by atoms with E-state index in [9.17, 15) is 4.79 Å². The highest BCUT2D eigenvalue weighted by Gasteiger charge is 2.10. The van der Waals surface area contributed by atoms with Crippen LogP contribution < -0.4 is 10.6 Å². The Morgan fingerprint density at radius 3 is 2.52 bits per heavy atom. The monoisotopic (exact) mass is 346 g/mol. The molecule has 4 heteroatoms. The van der Waals surface area contributed by atoms with Gasteiger partial charge in [0.1, 0.15) is 0 Å². The van der Waals surface area contributed by atoms with Gasteiger partial charge in [-0.05, 0) is 42.3 Å². The predicted molar refractivity (Wildman–Crippen MR) is 90.6 cm³/mol. The number of hydrogen-bond donors (Lipinski definition) is 2. The molecule has 0 aliphatic heterocycles. The number of anilines is 1. The lowest BCUT2D eigenvalue weighted by Gasteiger charge is -2.19. The summed E-state index contributed by atoms with van der Waals surface area (Å²) in [6.45, 7) is 2.14. The maximum Gasteiger partial charge on any atom is 0.251 e. The van der Waals surface area contributed by atoms with E-state index >= 15 is 0 Å². The topological polar surface area (TPSA) is 41.1 Å². The Balaban J connectivity index is 2.18. The largest absolute Gasteiger partial charge is 0.378 e. The zero-order chi connectivity index (χ0) is 15.2. The first kappa shape index (κ1) is 15.6. The van der Waals surface area contributed by atoms with Gasteiger partial charge in [0.15, 0.2) is 0 Å². The number of amides is 1. The van der Waals surface area contributed by atoms with Crippen molar-refractivity contribution in [1.29, 1.82) is 0 Å². The summed E-state index contributed by atoms with van der Waals surface area (Å²) in [5.41, 5.74) is 2.84. The summed E-state index contributed by atoms with van der Waals surface area (Å²) < 4.78 is 1.07. The number of rotatable bonds is 5. The van der Waals surface area contributed by atoms with E-state index in [4.69, 9.17) is 0 Å². The number of halogens is 1. The van der Waals surface area contributed by atoms with Gasteiger partial charge < -0.3 is 10.6 Å². The van der Waals surface area contributed by atoms with Crippen molar-refractivity contribution in [2.45, 2.75) is 19.4 Å². The van der Waals surface area contributed by atoms with Crippen LogP contribution >= 0.6 is 15.9 Å². The zero-order valence-electron chi connectivity index (χ0n) is 12.2. The second kappa shape index (κ2) is 7.27. The molecule has 0 bridgehead atoms. The van der Waals surface area contributed by atoms with E-state index < -0.39 is 0 Å². The molecule has 0 aliphatic rings. The van der Waals surface area contributed by atoms with Crippen LogP contribution in [0.5, 0.6) is 0 Å². The van der Waals surface area contributed by atoms with Gasteiger partial charge in [-0.15, -0.1) is 0 Å². The molecule has 0 spiro atoms. The lowest BCUT2D eigenvalue weighted by molar-refractivity contribution is 0.0963. The number of carbonyl (C=O) groups excluding carboxylic acids is 1. The lowest BCUT2D eigenvalue weighted by atomic mass is 10.0. The summed E-state index contributed by atoms with van der Waals surface area (Å²) >= 11 is 3.45. The number of benzene rings is 2. The van der Waals surface area contributed by atoms with Gasteiger partial charge in [0.25, 0.3) is 5.91 Å². The van der Waals surface area contributed by atoms with Gasteiger partial charge in [0, 0.05) is 22.8 Å². The van der Waals surface area contributed by atoms with Crippen molar-refractivity contribution >= 4 is 27.5 Å². The second-order valence-electron chi connectivity index (χ2n) is 4.82. The Morgan fingerprint density at radius 2 is 1.90 bits per heavy atom. The molecule has 0 aromatic heterocycles. The van der Waals surface area contributed by atoms with E-state index in [1.54, 1.807) is 7.05 Å². The molecule has 1 amide bonds. The predicted octanol–water partition coefficient (Wildman–Crippen LogP) is 4.37. The zero-order valence-corrected chi connectivity index (χ0v) is 13.8. The minimum Gasteiger partial charge on any atom is -0.378 e. The standard InChI is InChI=1S/C17H19BrN2O/c1-3-16(12-7-9-14(18)10-8-12)20-15-6-4-5-13(11-15)17(21)19-2/h4-11,16,20H,3H2,1-2H3,(H,19,21). The van der Waals surface area contributed by atoms with Crippen LogP contribution in [0.4, 0.5) is 5.69 Å². The third kappa shape index (κ3) is 4.08. The maximum absolute atomic E-state index is 11.7. The Kier molecular flexibility index (Phi) is 5.39. The average Bonchev–Trinajstić information content (AvgIpc) is 2.53. The van der Waals surface area contributed by atoms with Gasteiger partial charge in [0.05, 0.1) is 6.04 Å². The summed E-state index contributed by atoms with van der Waals surface area (Å²) in [7, 11) is 1.64. The SMILES string of the molecule is CCC(Nc1cccc(C(=O)NC)c1)c1ccc(Br)cc1. The smallest absolute Gasteiger partial charge is 0.251 e. The molecular formula is C17H19BrN2O. The van der Waals surface area contributed by atoms with Crippen molar-refractivity contribution < 1.29 is 4.79 Å². The fourth-order valence-corrected chi connectivity index (χ4v) is 2.48. The van der Waals surface area contributed by atoms with E-state index in [-0.39, 0.29) is 11.9 Å². The second-order valence-corrected chi connectivity index (χ2v) is 5.73. The van der Waals surface area contributed by atoms with Gasteiger partial charge in [-0.3, -0.25) is 4.79 Å². The highest BCUT2D eigenvalue weighted by molar-refractivity contribution is 9.10. The third-order valence-corrected chi connectivity index (χ3v) is 3.90.